The number of hydrogen-bond donors (Lipinski definition) is 1. The van der Waals surface area contributed by atoms with E-state index in [1.165, 1.54) is 12.1 Å². The highest BCUT2D eigenvalue weighted by molar-refractivity contribution is 7.94. The molecule has 2 aromatic rings. The van der Waals surface area contributed by atoms with Gasteiger partial charge in [0.25, 0.3) is 5.91 Å². The highest BCUT2D eigenvalue weighted by Crippen LogP contribution is 2.26. The van der Waals surface area contributed by atoms with Crippen molar-refractivity contribution in [2.75, 3.05) is 36.8 Å². The zero-order valence-corrected chi connectivity index (χ0v) is 19.4. The van der Waals surface area contributed by atoms with Gasteiger partial charge in [-0.25, -0.2) is 12.7 Å². The lowest BCUT2D eigenvalue weighted by molar-refractivity contribution is -0.116. The van der Waals surface area contributed by atoms with Gasteiger partial charge in [-0.05, 0) is 49.0 Å². The average molecular weight is 460 g/mol. The summed E-state index contributed by atoms with van der Waals surface area (Å²) in [5.41, 5.74) is 1.54. The number of nitrogens with one attached hydrogen (secondary N) is 1. The van der Waals surface area contributed by atoms with E-state index in [-0.39, 0.29) is 29.8 Å². The summed E-state index contributed by atoms with van der Waals surface area (Å²) in [6.45, 7) is 6.14. The molecule has 3 rings (SSSR count). The summed E-state index contributed by atoms with van der Waals surface area (Å²) in [5, 5.41) is 2.96. The van der Waals surface area contributed by atoms with E-state index in [1.54, 1.807) is 19.2 Å². The van der Waals surface area contributed by atoms with Gasteiger partial charge in [0.05, 0.1) is 24.6 Å². The molecule has 9 heteroatoms. The van der Waals surface area contributed by atoms with Crippen LogP contribution in [0.4, 0.5) is 5.69 Å². The SMILES string of the molecule is CCN(CC)C(CNC(=O)c1cccc(N2C(=O)CCS2(=O)=O)c1)c1ccc(OC)cc1. The van der Waals surface area contributed by atoms with E-state index in [9.17, 15) is 18.0 Å². The third-order valence-corrected chi connectivity index (χ3v) is 7.32. The van der Waals surface area contributed by atoms with Crippen molar-refractivity contribution < 1.29 is 22.7 Å². The van der Waals surface area contributed by atoms with Crippen molar-refractivity contribution in [1.29, 1.82) is 0 Å². The van der Waals surface area contributed by atoms with Crippen molar-refractivity contribution in [3.63, 3.8) is 0 Å². The maximum Gasteiger partial charge on any atom is 0.251 e. The zero-order valence-electron chi connectivity index (χ0n) is 18.6. The molecule has 0 saturated carbocycles. The van der Waals surface area contributed by atoms with Gasteiger partial charge >= 0.3 is 0 Å². The van der Waals surface area contributed by atoms with Crippen LogP contribution in [-0.2, 0) is 14.8 Å². The summed E-state index contributed by atoms with van der Waals surface area (Å²) in [6, 6.07) is 13.9. The van der Waals surface area contributed by atoms with Crippen molar-refractivity contribution in [3.05, 3.63) is 59.7 Å². The molecule has 1 aliphatic heterocycles. The topological polar surface area (TPSA) is 96.0 Å². The summed E-state index contributed by atoms with van der Waals surface area (Å²) in [5.74, 6) is -0.264. The van der Waals surface area contributed by atoms with E-state index in [4.69, 9.17) is 4.74 Å². The minimum atomic E-state index is -3.68. The lowest BCUT2D eigenvalue weighted by Gasteiger charge is -2.30. The summed E-state index contributed by atoms with van der Waals surface area (Å²) in [6.07, 6.45) is -0.0494. The first kappa shape index (κ1) is 23.7. The number of anilines is 1. The highest BCUT2D eigenvalue weighted by Gasteiger charge is 2.36. The van der Waals surface area contributed by atoms with Crippen LogP contribution < -0.4 is 14.4 Å². The van der Waals surface area contributed by atoms with Crippen molar-refractivity contribution in [2.45, 2.75) is 26.3 Å². The monoisotopic (exact) mass is 459 g/mol. The van der Waals surface area contributed by atoms with Gasteiger partial charge in [-0.2, -0.15) is 0 Å². The Kier molecular flexibility index (Phi) is 7.52. The van der Waals surface area contributed by atoms with E-state index in [1.807, 2.05) is 24.3 Å². The summed E-state index contributed by atoms with van der Waals surface area (Å²) < 4.78 is 30.4. The maximum atomic E-state index is 12.9. The van der Waals surface area contributed by atoms with Crippen LogP contribution in [0.3, 0.4) is 0 Å². The molecule has 0 spiro atoms. The molecule has 0 aromatic heterocycles. The summed E-state index contributed by atoms with van der Waals surface area (Å²) in [4.78, 5) is 27.2. The number of carbonyl (C=O) groups is 2. The molecule has 1 saturated heterocycles. The quantitative estimate of drug-likeness (QED) is 0.619. The van der Waals surface area contributed by atoms with Gasteiger partial charge in [-0.15, -0.1) is 0 Å². The third kappa shape index (κ3) is 5.11. The number of carbonyl (C=O) groups excluding carboxylic acids is 2. The molecular weight excluding hydrogens is 430 g/mol. The van der Waals surface area contributed by atoms with Gasteiger partial charge in [0, 0.05) is 18.5 Å². The molecule has 1 fully saturated rings. The molecule has 8 nitrogen and oxygen atoms in total. The van der Waals surface area contributed by atoms with Crippen LogP contribution in [0, 0.1) is 0 Å². The Morgan fingerprint density at radius 3 is 2.41 bits per heavy atom. The molecule has 32 heavy (non-hydrogen) atoms. The first-order valence-electron chi connectivity index (χ1n) is 10.6. The molecule has 1 unspecified atom stereocenters. The standard InChI is InChI=1S/C23H29N3O5S/c1-4-25(5-2)21(17-9-11-20(31-3)12-10-17)16-24-23(28)18-7-6-8-19(15-18)26-22(27)13-14-32(26,29)30/h6-12,15,21H,4-5,13-14,16H2,1-3H3,(H,24,28). The number of methoxy groups -OCH3 is 1. The van der Waals surface area contributed by atoms with Crippen LogP contribution in [-0.4, -0.2) is 57.6 Å². The van der Waals surface area contributed by atoms with Gasteiger partial charge in [0.1, 0.15) is 5.75 Å². The fourth-order valence-corrected chi connectivity index (χ4v) is 5.33. The van der Waals surface area contributed by atoms with E-state index in [0.29, 0.717) is 12.1 Å². The average Bonchev–Trinajstić information content (AvgIpc) is 3.08. The van der Waals surface area contributed by atoms with Crippen LogP contribution >= 0.6 is 0 Å². The minimum absolute atomic E-state index is 0.0384. The molecule has 0 bridgehead atoms. The van der Waals surface area contributed by atoms with Crippen molar-refractivity contribution in [3.8, 4) is 5.75 Å². The van der Waals surface area contributed by atoms with Gasteiger partial charge in [-0.1, -0.05) is 32.0 Å². The van der Waals surface area contributed by atoms with Crippen LogP contribution in [0.1, 0.15) is 42.2 Å². The Morgan fingerprint density at radius 2 is 1.84 bits per heavy atom. The fourth-order valence-electron chi connectivity index (χ4n) is 3.88. The van der Waals surface area contributed by atoms with Gasteiger partial charge in [0.15, 0.2) is 0 Å². The number of benzene rings is 2. The number of hydrogen-bond acceptors (Lipinski definition) is 6. The Hall–Kier alpha value is -2.91. The number of amides is 2. The Labute approximate surface area is 189 Å². The van der Waals surface area contributed by atoms with Crippen LogP contribution in [0.15, 0.2) is 48.5 Å². The van der Waals surface area contributed by atoms with Crippen molar-refractivity contribution >= 4 is 27.5 Å². The van der Waals surface area contributed by atoms with Crippen molar-refractivity contribution in [2.24, 2.45) is 0 Å². The van der Waals surface area contributed by atoms with Crippen molar-refractivity contribution in [1.82, 2.24) is 10.2 Å². The summed E-state index contributed by atoms with van der Waals surface area (Å²) >= 11 is 0. The largest absolute Gasteiger partial charge is 0.497 e. The van der Waals surface area contributed by atoms with E-state index < -0.39 is 15.9 Å². The van der Waals surface area contributed by atoms with Crippen LogP contribution in [0.5, 0.6) is 5.75 Å². The van der Waals surface area contributed by atoms with Crippen LogP contribution in [0.25, 0.3) is 0 Å². The summed E-state index contributed by atoms with van der Waals surface area (Å²) in [7, 11) is -2.06. The second-order valence-electron chi connectivity index (χ2n) is 7.49. The van der Waals surface area contributed by atoms with Crippen LogP contribution in [0.2, 0.25) is 0 Å². The number of likely N-dealkylation sites (N-methyl/N-ethyl adjacent to an activating group) is 1. The smallest absolute Gasteiger partial charge is 0.251 e. The van der Waals surface area contributed by atoms with Gasteiger partial charge in [-0.3, -0.25) is 14.5 Å². The van der Waals surface area contributed by atoms with Gasteiger partial charge in [0.2, 0.25) is 15.9 Å². The molecule has 2 amide bonds. The minimum Gasteiger partial charge on any atom is -0.497 e. The molecule has 1 N–H and O–H groups in total. The zero-order chi connectivity index (χ0) is 23.3. The lowest BCUT2D eigenvalue weighted by Crippen LogP contribution is -2.38. The Morgan fingerprint density at radius 1 is 1.16 bits per heavy atom. The molecule has 0 radical (unpaired) electrons. The lowest BCUT2D eigenvalue weighted by atomic mass is 10.0. The normalized spacial score (nSPS) is 16.2. The first-order chi connectivity index (χ1) is 15.3. The van der Waals surface area contributed by atoms with Gasteiger partial charge < -0.3 is 10.1 Å². The predicted molar refractivity (Wildman–Crippen MR) is 123 cm³/mol. The Bertz CT molecular complexity index is 1070. The molecule has 172 valence electrons. The van der Waals surface area contributed by atoms with E-state index >= 15 is 0 Å². The maximum absolute atomic E-state index is 12.9. The molecule has 1 aliphatic rings. The molecule has 1 atom stereocenters. The molecule has 2 aromatic carbocycles. The second kappa shape index (κ2) is 10.1. The molecule has 1 heterocycles. The fraction of sp³-hybridized carbons (Fsp3) is 0.391. The second-order valence-corrected chi connectivity index (χ2v) is 9.43. The Balaban J connectivity index is 1.78. The number of rotatable bonds is 9. The number of sulfonamides is 1. The van der Waals surface area contributed by atoms with E-state index in [2.05, 4.69) is 24.1 Å². The number of ether oxygens (including phenoxy) is 1. The highest BCUT2D eigenvalue weighted by atomic mass is 32.2. The number of nitrogens with zero attached hydrogens (tertiary/aromatic N) is 2. The molecular formula is C23H29N3O5S. The molecule has 0 aliphatic carbocycles. The first-order valence-corrected chi connectivity index (χ1v) is 12.2. The third-order valence-electron chi connectivity index (χ3n) is 5.63. The van der Waals surface area contributed by atoms with E-state index in [0.717, 1.165) is 28.7 Å². The predicted octanol–water partition coefficient (Wildman–Crippen LogP) is 2.57.